The Morgan fingerprint density at radius 1 is 0.822 bits per heavy atom. The van der Waals surface area contributed by atoms with Gasteiger partial charge in [-0.15, -0.1) is 11.8 Å². The normalized spacial score (nSPS) is 11.8. The van der Waals surface area contributed by atoms with Crippen LogP contribution in [0.5, 0.6) is 5.75 Å². The van der Waals surface area contributed by atoms with Crippen molar-refractivity contribution in [3.05, 3.63) is 120 Å². The Morgan fingerprint density at radius 2 is 1.42 bits per heavy atom. The number of hydrogen-bond donors (Lipinski definition) is 1. The fraction of sp³-hybridized carbons (Fsp3) is 0.257. The fourth-order valence-electron chi connectivity index (χ4n) is 4.91. The van der Waals surface area contributed by atoms with Crippen LogP contribution in [-0.2, 0) is 32.6 Å². The maximum atomic E-state index is 14.4. The molecule has 0 aliphatic carbocycles. The predicted octanol–water partition coefficient (Wildman–Crippen LogP) is 5.78. The number of nitrogens with one attached hydrogen (secondary N) is 1. The van der Waals surface area contributed by atoms with Crippen LogP contribution >= 0.6 is 11.8 Å². The van der Waals surface area contributed by atoms with E-state index in [9.17, 15) is 18.0 Å². The highest BCUT2D eigenvalue weighted by atomic mass is 32.2. The van der Waals surface area contributed by atoms with Crippen molar-refractivity contribution in [3.63, 3.8) is 0 Å². The van der Waals surface area contributed by atoms with Crippen molar-refractivity contribution in [1.82, 2.24) is 10.2 Å². The summed E-state index contributed by atoms with van der Waals surface area (Å²) in [5, 5.41) is 2.88. The van der Waals surface area contributed by atoms with E-state index in [1.807, 2.05) is 80.8 Å². The molecule has 0 bridgehead atoms. The third kappa shape index (κ3) is 8.89. The molecule has 0 aromatic heterocycles. The van der Waals surface area contributed by atoms with Crippen LogP contribution in [0.25, 0.3) is 0 Å². The van der Waals surface area contributed by atoms with E-state index in [0.717, 1.165) is 20.3 Å². The average Bonchev–Trinajstić information content (AvgIpc) is 3.06. The zero-order valence-corrected chi connectivity index (χ0v) is 27.4. The first-order valence-electron chi connectivity index (χ1n) is 14.8. The average molecular weight is 646 g/mol. The molecular formula is C35H39N3O5S2. The first-order chi connectivity index (χ1) is 21.8. The number of amides is 2. The monoisotopic (exact) mass is 645 g/mol. The van der Waals surface area contributed by atoms with Gasteiger partial charge in [0.2, 0.25) is 11.8 Å². The van der Waals surface area contributed by atoms with Crippen molar-refractivity contribution in [1.29, 1.82) is 0 Å². The number of thioether (sulfide) groups is 1. The lowest BCUT2D eigenvalue weighted by molar-refractivity contribution is -0.140. The lowest BCUT2D eigenvalue weighted by atomic mass is 10.0. The molecule has 0 unspecified atom stereocenters. The molecule has 4 aromatic rings. The van der Waals surface area contributed by atoms with E-state index < -0.39 is 28.5 Å². The molecule has 1 N–H and O–H groups in total. The van der Waals surface area contributed by atoms with Crippen LogP contribution in [0.3, 0.4) is 0 Å². The summed E-state index contributed by atoms with van der Waals surface area (Å²) in [5.41, 5.74) is 2.00. The highest BCUT2D eigenvalue weighted by Crippen LogP contribution is 2.28. The largest absolute Gasteiger partial charge is 0.494 e. The second-order valence-electron chi connectivity index (χ2n) is 10.2. The fourth-order valence-corrected chi connectivity index (χ4v) is 6.73. The van der Waals surface area contributed by atoms with Crippen LogP contribution in [0.2, 0.25) is 0 Å². The molecule has 10 heteroatoms. The summed E-state index contributed by atoms with van der Waals surface area (Å²) in [6.07, 6.45) is 2.17. The van der Waals surface area contributed by atoms with Gasteiger partial charge in [0, 0.05) is 24.4 Å². The van der Waals surface area contributed by atoms with Gasteiger partial charge in [0.1, 0.15) is 18.3 Å². The van der Waals surface area contributed by atoms with Crippen molar-refractivity contribution in [2.24, 2.45) is 0 Å². The lowest BCUT2D eigenvalue weighted by Gasteiger charge is -2.33. The van der Waals surface area contributed by atoms with Crippen LogP contribution in [0.15, 0.2) is 119 Å². The highest BCUT2D eigenvalue weighted by Gasteiger charge is 2.34. The topological polar surface area (TPSA) is 96.0 Å². The molecule has 8 nitrogen and oxygen atoms in total. The lowest BCUT2D eigenvalue weighted by Crippen LogP contribution is -2.53. The van der Waals surface area contributed by atoms with Crippen molar-refractivity contribution in [2.45, 2.75) is 42.6 Å². The standard InChI is InChI=1S/C35H39N3O5S2/c1-4-36-35(40)33(24-27-12-8-6-9-13-27)37(25-28-14-10-7-11-15-28)34(39)26-38(29-16-18-30(19-17-29)43-5-2)45(41,42)32-22-20-31(44-3)21-23-32/h6-23,33H,4-5,24-26H2,1-3H3,(H,36,40)/t33-/m1/s1. The second-order valence-corrected chi connectivity index (χ2v) is 13.0. The smallest absolute Gasteiger partial charge is 0.264 e. The van der Waals surface area contributed by atoms with Crippen molar-refractivity contribution in [3.8, 4) is 5.75 Å². The zero-order valence-electron chi connectivity index (χ0n) is 25.8. The Morgan fingerprint density at radius 3 is 1.98 bits per heavy atom. The number of sulfonamides is 1. The number of benzene rings is 4. The van der Waals surface area contributed by atoms with Gasteiger partial charge in [0.05, 0.1) is 17.2 Å². The van der Waals surface area contributed by atoms with Crippen LogP contribution in [-0.4, -0.2) is 57.1 Å². The van der Waals surface area contributed by atoms with Crippen LogP contribution in [0.1, 0.15) is 25.0 Å². The Balaban J connectivity index is 1.78. The molecule has 236 valence electrons. The Labute approximate surface area is 270 Å². The summed E-state index contributed by atoms with van der Waals surface area (Å²) < 4.78 is 35.1. The van der Waals surface area contributed by atoms with E-state index >= 15 is 0 Å². The molecule has 0 saturated carbocycles. The molecule has 0 aliphatic rings. The molecule has 0 saturated heterocycles. The summed E-state index contributed by atoms with van der Waals surface area (Å²) in [6.45, 7) is 4.13. The number of carbonyl (C=O) groups is 2. The first kappa shape index (κ1) is 33.6. The SMILES string of the molecule is CCNC(=O)[C@@H](Cc1ccccc1)N(Cc1ccccc1)C(=O)CN(c1ccc(OCC)cc1)S(=O)(=O)c1ccc(SC)cc1. The van der Waals surface area contributed by atoms with Gasteiger partial charge in [0.15, 0.2) is 0 Å². The molecule has 0 fully saturated rings. The third-order valence-corrected chi connectivity index (χ3v) is 9.71. The van der Waals surface area contributed by atoms with Gasteiger partial charge < -0.3 is 15.0 Å². The summed E-state index contributed by atoms with van der Waals surface area (Å²) in [5.74, 6) is -0.239. The molecule has 2 amide bonds. The number of anilines is 1. The number of rotatable bonds is 15. The van der Waals surface area contributed by atoms with E-state index in [-0.39, 0.29) is 23.8 Å². The van der Waals surface area contributed by atoms with E-state index in [4.69, 9.17) is 4.74 Å². The molecule has 4 rings (SSSR count). The molecule has 0 radical (unpaired) electrons. The van der Waals surface area contributed by atoms with Gasteiger partial charge in [-0.05, 0) is 79.8 Å². The Bertz CT molecular complexity index is 1630. The van der Waals surface area contributed by atoms with E-state index in [2.05, 4.69) is 5.32 Å². The van der Waals surface area contributed by atoms with Gasteiger partial charge in [0.25, 0.3) is 10.0 Å². The maximum Gasteiger partial charge on any atom is 0.264 e. The van der Waals surface area contributed by atoms with Gasteiger partial charge in [-0.2, -0.15) is 0 Å². The van der Waals surface area contributed by atoms with Gasteiger partial charge in [-0.1, -0.05) is 60.7 Å². The van der Waals surface area contributed by atoms with Crippen molar-refractivity contribution in [2.75, 3.05) is 30.3 Å². The number of ether oxygens (including phenoxy) is 1. The van der Waals surface area contributed by atoms with Gasteiger partial charge in [-0.3, -0.25) is 13.9 Å². The Hall–Kier alpha value is -4.28. The number of nitrogens with zero attached hydrogens (tertiary/aromatic N) is 2. The maximum absolute atomic E-state index is 14.4. The molecule has 0 spiro atoms. The van der Waals surface area contributed by atoms with Crippen molar-refractivity contribution < 1.29 is 22.7 Å². The quantitative estimate of drug-likeness (QED) is 0.165. The molecule has 45 heavy (non-hydrogen) atoms. The van der Waals surface area contributed by atoms with E-state index in [1.165, 1.54) is 16.7 Å². The summed E-state index contributed by atoms with van der Waals surface area (Å²) >= 11 is 1.50. The summed E-state index contributed by atoms with van der Waals surface area (Å²) in [6, 6.07) is 31.1. The highest BCUT2D eigenvalue weighted by molar-refractivity contribution is 7.98. The zero-order chi connectivity index (χ0) is 32.2. The van der Waals surface area contributed by atoms with E-state index in [1.54, 1.807) is 48.5 Å². The summed E-state index contributed by atoms with van der Waals surface area (Å²) in [4.78, 5) is 30.5. The van der Waals surface area contributed by atoms with Crippen LogP contribution in [0, 0.1) is 0 Å². The van der Waals surface area contributed by atoms with Crippen molar-refractivity contribution >= 4 is 39.3 Å². The number of carbonyl (C=O) groups excluding carboxylic acids is 2. The van der Waals surface area contributed by atoms with Gasteiger partial charge in [-0.25, -0.2) is 8.42 Å². The predicted molar refractivity (Wildman–Crippen MR) is 180 cm³/mol. The molecule has 4 aromatic carbocycles. The number of likely N-dealkylation sites (N-methyl/N-ethyl adjacent to an activating group) is 1. The van der Waals surface area contributed by atoms with Crippen LogP contribution in [0.4, 0.5) is 5.69 Å². The number of hydrogen-bond acceptors (Lipinski definition) is 6. The van der Waals surface area contributed by atoms with Gasteiger partial charge >= 0.3 is 0 Å². The molecular weight excluding hydrogens is 607 g/mol. The minimum absolute atomic E-state index is 0.0566. The second kappa shape index (κ2) is 16.2. The third-order valence-electron chi connectivity index (χ3n) is 7.18. The first-order valence-corrected chi connectivity index (χ1v) is 17.5. The minimum Gasteiger partial charge on any atom is -0.494 e. The Kier molecular flexibility index (Phi) is 12.1. The molecule has 0 heterocycles. The molecule has 0 aliphatic heterocycles. The minimum atomic E-state index is -4.19. The van der Waals surface area contributed by atoms with Crippen LogP contribution < -0.4 is 14.4 Å². The van der Waals surface area contributed by atoms with E-state index in [0.29, 0.717) is 24.6 Å². The summed E-state index contributed by atoms with van der Waals surface area (Å²) in [7, 11) is -4.19. The molecule has 1 atom stereocenters.